The standard InChI is InChI=1S/C33H41N3O4S/c1-24-17-19-28(20-18-24)22-35(31(37)23-36(41(4,39)40)32-25(2)11-10-12-26(32)3)30(21-27-13-6-5-7-14-27)33(38)34-29-15-8-9-16-29/h5-7,10-14,17-20,29-30H,8-9,15-16,21-23H2,1-4H3,(H,34,38)/t30-/m1/s1. The lowest BCUT2D eigenvalue weighted by atomic mass is 10.0. The molecule has 1 aliphatic rings. The van der Waals surface area contributed by atoms with E-state index in [1.807, 2.05) is 93.6 Å². The summed E-state index contributed by atoms with van der Waals surface area (Å²) in [5.74, 6) is -0.639. The first-order chi connectivity index (χ1) is 19.5. The van der Waals surface area contributed by atoms with Crippen molar-refractivity contribution in [1.82, 2.24) is 10.2 Å². The molecule has 0 unspecified atom stereocenters. The lowest BCUT2D eigenvalue weighted by molar-refractivity contribution is -0.140. The average molecular weight is 576 g/mol. The van der Waals surface area contributed by atoms with E-state index in [1.54, 1.807) is 4.90 Å². The topological polar surface area (TPSA) is 86.8 Å². The van der Waals surface area contributed by atoms with Crippen LogP contribution in [0.2, 0.25) is 0 Å². The van der Waals surface area contributed by atoms with Gasteiger partial charge in [0.15, 0.2) is 0 Å². The van der Waals surface area contributed by atoms with Crippen LogP contribution in [-0.4, -0.2) is 50.0 Å². The number of anilines is 1. The summed E-state index contributed by atoms with van der Waals surface area (Å²) in [5, 5.41) is 3.20. The van der Waals surface area contributed by atoms with Crippen LogP contribution in [0.1, 0.15) is 53.5 Å². The molecule has 7 nitrogen and oxygen atoms in total. The third kappa shape index (κ3) is 7.97. The Morgan fingerprint density at radius 2 is 1.46 bits per heavy atom. The zero-order valence-electron chi connectivity index (χ0n) is 24.5. The summed E-state index contributed by atoms with van der Waals surface area (Å²) < 4.78 is 27.4. The number of sulfonamides is 1. The molecule has 0 aromatic heterocycles. The van der Waals surface area contributed by atoms with Gasteiger partial charge in [-0.1, -0.05) is 91.2 Å². The molecule has 1 fully saturated rings. The molecule has 218 valence electrons. The Labute approximate surface area is 244 Å². The van der Waals surface area contributed by atoms with Gasteiger partial charge in [-0.25, -0.2) is 8.42 Å². The van der Waals surface area contributed by atoms with E-state index in [0.717, 1.165) is 59.8 Å². The van der Waals surface area contributed by atoms with E-state index in [9.17, 15) is 18.0 Å². The molecule has 8 heteroatoms. The molecule has 3 aromatic rings. The lowest BCUT2D eigenvalue weighted by Gasteiger charge is -2.34. The predicted octanol–water partition coefficient (Wildman–Crippen LogP) is 5.08. The Morgan fingerprint density at radius 3 is 2.05 bits per heavy atom. The van der Waals surface area contributed by atoms with Crippen molar-refractivity contribution in [2.45, 2.75) is 71.5 Å². The fraction of sp³-hybridized carbons (Fsp3) is 0.394. The summed E-state index contributed by atoms with van der Waals surface area (Å²) >= 11 is 0. The third-order valence-electron chi connectivity index (χ3n) is 7.81. The van der Waals surface area contributed by atoms with Crippen molar-refractivity contribution in [3.63, 3.8) is 0 Å². The lowest BCUT2D eigenvalue weighted by Crippen LogP contribution is -2.54. The molecule has 3 aromatic carbocycles. The van der Waals surface area contributed by atoms with Crippen molar-refractivity contribution >= 4 is 27.5 Å². The quantitative estimate of drug-likeness (QED) is 0.346. The molecule has 0 saturated heterocycles. The molecule has 2 amide bonds. The Morgan fingerprint density at radius 1 is 0.854 bits per heavy atom. The number of hydrogen-bond acceptors (Lipinski definition) is 4. The van der Waals surface area contributed by atoms with Crippen LogP contribution in [0, 0.1) is 20.8 Å². The summed E-state index contributed by atoms with van der Waals surface area (Å²) in [5.41, 5.74) is 4.89. The fourth-order valence-electron chi connectivity index (χ4n) is 5.59. The summed E-state index contributed by atoms with van der Waals surface area (Å²) in [4.78, 5) is 29.8. The maximum absolute atomic E-state index is 14.3. The number of hydrogen-bond donors (Lipinski definition) is 1. The van der Waals surface area contributed by atoms with E-state index < -0.39 is 28.5 Å². The largest absolute Gasteiger partial charge is 0.352 e. The molecule has 1 aliphatic carbocycles. The molecule has 0 spiro atoms. The molecule has 0 aliphatic heterocycles. The highest BCUT2D eigenvalue weighted by Crippen LogP contribution is 2.27. The minimum Gasteiger partial charge on any atom is -0.352 e. The van der Waals surface area contributed by atoms with Gasteiger partial charge >= 0.3 is 0 Å². The van der Waals surface area contributed by atoms with E-state index in [0.29, 0.717) is 12.1 Å². The van der Waals surface area contributed by atoms with E-state index in [4.69, 9.17) is 0 Å². The summed E-state index contributed by atoms with van der Waals surface area (Å²) in [7, 11) is -3.81. The molecule has 0 bridgehead atoms. The maximum atomic E-state index is 14.3. The van der Waals surface area contributed by atoms with Gasteiger partial charge in [0.25, 0.3) is 0 Å². The van der Waals surface area contributed by atoms with Gasteiger partial charge in [-0.05, 0) is 55.9 Å². The van der Waals surface area contributed by atoms with Crippen LogP contribution in [-0.2, 0) is 32.6 Å². The summed E-state index contributed by atoms with van der Waals surface area (Å²) in [6.45, 7) is 5.44. The number of nitrogens with one attached hydrogen (secondary N) is 1. The smallest absolute Gasteiger partial charge is 0.244 e. The van der Waals surface area contributed by atoms with Crippen molar-refractivity contribution in [3.8, 4) is 0 Å². The average Bonchev–Trinajstić information content (AvgIpc) is 3.44. The van der Waals surface area contributed by atoms with E-state index in [2.05, 4.69) is 5.32 Å². The zero-order chi connectivity index (χ0) is 29.6. The van der Waals surface area contributed by atoms with Crippen LogP contribution in [0.3, 0.4) is 0 Å². The molecule has 0 radical (unpaired) electrons. The number of carbonyl (C=O) groups excluding carboxylic acids is 2. The molecular weight excluding hydrogens is 534 g/mol. The van der Waals surface area contributed by atoms with Crippen LogP contribution >= 0.6 is 0 Å². The van der Waals surface area contributed by atoms with Crippen LogP contribution in [0.25, 0.3) is 0 Å². The second kappa shape index (κ2) is 13.3. The number of rotatable bonds is 11. The van der Waals surface area contributed by atoms with Gasteiger partial charge < -0.3 is 10.2 Å². The molecule has 0 heterocycles. The highest BCUT2D eigenvalue weighted by molar-refractivity contribution is 7.92. The van der Waals surface area contributed by atoms with Crippen molar-refractivity contribution in [1.29, 1.82) is 0 Å². The number of aryl methyl sites for hydroxylation is 3. The van der Waals surface area contributed by atoms with Crippen molar-refractivity contribution in [3.05, 3.63) is 101 Å². The van der Waals surface area contributed by atoms with Crippen LogP contribution in [0.5, 0.6) is 0 Å². The summed E-state index contributed by atoms with van der Waals surface area (Å²) in [6.07, 6.45) is 5.41. The van der Waals surface area contributed by atoms with Crippen molar-refractivity contribution < 1.29 is 18.0 Å². The number of carbonyl (C=O) groups is 2. The Hall–Kier alpha value is -3.65. The summed E-state index contributed by atoms with van der Waals surface area (Å²) in [6, 6.07) is 22.3. The van der Waals surface area contributed by atoms with Crippen LogP contribution in [0.4, 0.5) is 5.69 Å². The zero-order valence-corrected chi connectivity index (χ0v) is 25.3. The number of nitrogens with zero attached hydrogens (tertiary/aromatic N) is 2. The molecule has 41 heavy (non-hydrogen) atoms. The Bertz CT molecular complexity index is 1430. The van der Waals surface area contributed by atoms with Gasteiger partial charge in [0.1, 0.15) is 12.6 Å². The van der Waals surface area contributed by atoms with Gasteiger partial charge in [0.05, 0.1) is 11.9 Å². The van der Waals surface area contributed by atoms with Crippen LogP contribution in [0.15, 0.2) is 72.8 Å². The Balaban J connectivity index is 1.74. The predicted molar refractivity (Wildman–Crippen MR) is 164 cm³/mol. The number of para-hydroxylation sites is 1. The number of benzene rings is 3. The highest BCUT2D eigenvalue weighted by atomic mass is 32.2. The van der Waals surface area contributed by atoms with E-state index in [1.165, 1.54) is 4.31 Å². The minimum atomic E-state index is -3.81. The van der Waals surface area contributed by atoms with Crippen LogP contribution < -0.4 is 9.62 Å². The SMILES string of the molecule is Cc1ccc(CN(C(=O)CN(c2c(C)cccc2C)S(C)(=O)=O)[C@H](Cc2ccccc2)C(=O)NC2CCCC2)cc1. The monoisotopic (exact) mass is 575 g/mol. The molecule has 1 saturated carbocycles. The fourth-order valence-corrected chi connectivity index (χ4v) is 6.55. The second-order valence-electron chi connectivity index (χ2n) is 11.2. The molecule has 1 atom stereocenters. The van der Waals surface area contributed by atoms with Gasteiger partial charge in [0, 0.05) is 19.0 Å². The molecule has 1 N–H and O–H groups in total. The van der Waals surface area contributed by atoms with E-state index in [-0.39, 0.29) is 18.5 Å². The van der Waals surface area contributed by atoms with Gasteiger partial charge in [-0.2, -0.15) is 0 Å². The normalized spacial score (nSPS) is 14.4. The minimum absolute atomic E-state index is 0.0826. The van der Waals surface area contributed by atoms with Gasteiger partial charge in [-0.3, -0.25) is 13.9 Å². The number of amides is 2. The highest BCUT2D eigenvalue weighted by Gasteiger charge is 2.34. The first-order valence-corrected chi connectivity index (χ1v) is 16.1. The molecule has 4 rings (SSSR count). The first-order valence-electron chi connectivity index (χ1n) is 14.3. The van der Waals surface area contributed by atoms with E-state index >= 15 is 0 Å². The Kier molecular flexibility index (Phi) is 9.86. The van der Waals surface area contributed by atoms with Gasteiger partial charge in [-0.15, -0.1) is 0 Å². The third-order valence-corrected chi connectivity index (χ3v) is 8.93. The second-order valence-corrected chi connectivity index (χ2v) is 13.1. The van der Waals surface area contributed by atoms with Crippen molar-refractivity contribution in [2.24, 2.45) is 0 Å². The van der Waals surface area contributed by atoms with Crippen molar-refractivity contribution in [2.75, 3.05) is 17.1 Å². The molecular formula is C33H41N3O4S. The van der Waals surface area contributed by atoms with Gasteiger partial charge in [0.2, 0.25) is 21.8 Å². The first kappa shape index (κ1) is 30.3. The maximum Gasteiger partial charge on any atom is 0.244 e.